The molecule has 4 heteroatoms. The number of hydrogen-bond donors (Lipinski definition) is 1. The molecule has 2 aliphatic rings. The van der Waals surface area contributed by atoms with Crippen LogP contribution in [0.25, 0.3) is 0 Å². The van der Waals surface area contributed by atoms with E-state index in [2.05, 4.69) is 5.32 Å². The quantitative estimate of drug-likeness (QED) is 0.850. The van der Waals surface area contributed by atoms with E-state index in [4.69, 9.17) is 9.47 Å². The molecule has 1 fully saturated rings. The van der Waals surface area contributed by atoms with Gasteiger partial charge < -0.3 is 14.8 Å². The third-order valence-electron chi connectivity index (χ3n) is 3.75. The average Bonchev–Trinajstić information content (AvgIpc) is 2.73. The molecule has 0 aliphatic carbocycles. The fraction of sp³-hybridized carbons (Fsp3) is 0.538. The maximum absolute atomic E-state index is 13.3. The lowest BCUT2D eigenvalue weighted by molar-refractivity contribution is 0.103. The molecule has 0 spiro atoms. The Labute approximate surface area is 99.9 Å². The van der Waals surface area contributed by atoms with Gasteiger partial charge in [-0.3, -0.25) is 0 Å². The second kappa shape index (κ2) is 4.27. The number of methoxy groups -OCH3 is 1. The Hall–Kier alpha value is -1.13. The van der Waals surface area contributed by atoms with E-state index in [0.717, 1.165) is 24.5 Å². The van der Waals surface area contributed by atoms with Crippen LogP contribution in [-0.4, -0.2) is 26.9 Å². The summed E-state index contributed by atoms with van der Waals surface area (Å²) in [6.07, 6.45) is 0. The standard InChI is InChI=1S/C13H16FNO2/c1-16-6-8-5-15-13-10-4-9(14)2-3-12(10)17-7-11(8)13/h2-4,8,11,13,15H,5-7H2,1H3/t8-,11-,13-/m0/s1. The first-order chi connectivity index (χ1) is 8.29. The van der Waals surface area contributed by atoms with Crippen LogP contribution in [0.4, 0.5) is 4.39 Å². The van der Waals surface area contributed by atoms with Gasteiger partial charge in [0.05, 0.1) is 13.2 Å². The topological polar surface area (TPSA) is 30.5 Å². The fourth-order valence-electron chi connectivity index (χ4n) is 2.90. The molecule has 92 valence electrons. The lowest BCUT2D eigenvalue weighted by Gasteiger charge is -2.30. The summed E-state index contributed by atoms with van der Waals surface area (Å²) in [5.74, 6) is 1.42. The summed E-state index contributed by atoms with van der Waals surface area (Å²) in [4.78, 5) is 0. The van der Waals surface area contributed by atoms with Crippen molar-refractivity contribution in [3.05, 3.63) is 29.6 Å². The van der Waals surface area contributed by atoms with Crippen molar-refractivity contribution in [3.63, 3.8) is 0 Å². The molecule has 0 saturated carbocycles. The summed E-state index contributed by atoms with van der Waals surface area (Å²) in [6.45, 7) is 2.31. The van der Waals surface area contributed by atoms with Crippen LogP contribution in [0.5, 0.6) is 5.75 Å². The molecule has 3 rings (SSSR count). The van der Waals surface area contributed by atoms with Crippen molar-refractivity contribution in [2.24, 2.45) is 11.8 Å². The monoisotopic (exact) mass is 237 g/mol. The van der Waals surface area contributed by atoms with Crippen LogP contribution in [0.2, 0.25) is 0 Å². The largest absolute Gasteiger partial charge is 0.493 e. The zero-order valence-corrected chi connectivity index (χ0v) is 9.78. The second-order valence-corrected chi connectivity index (χ2v) is 4.76. The molecule has 0 radical (unpaired) electrons. The Morgan fingerprint density at radius 1 is 1.53 bits per heavy atom. The summed E-state index contributed by atoms with van der Waals surface area (Å²) in [6, 6.07) is 4.94. The Morgan fingerprint density at radius 2 is 2.41 bits per heavy atom. The zero-order chi connectivity index (χ0) is 11.8. The average molecular weight is 237 g/mol. The van der Waals surface area contributed by atoms with E-state index >= 15 is 0 Å². The first-order valence-electron chi connectivity index (χ1n) is 5.94. The third kappa shape index (κ3) is 1.81. The van der Waals surface area contributed by atoms with Gasteiger partial charge >= 0.3 is 0 Å². The molecule has 1 saturated heterocycles. The van der Waals surface area contributed by atoms with Crippen molar-refractivity contribution in [3.8, 4) is 5.75 Å². The SMILES string of the molecule is COC[C@@H]1CN[C@H]2c3cc(F)ccc3OC[C@@H]12. The first kappa shape index (κ1) is 11.0. The Kier molecular flexibility index (Phi) is 2.76. The highest BCUT2D eigenvalue weighted by Crippen LogP contribution is 2.42. The molecule has 1 aromatic carbocycles. The minimum absolute atomic E-state index is 0.203. The van der Waals surface area contributed by atoms with Crippen LogP contribution in [-0.2, 0) is 4.74 Å². The molecule has 2 aliphatic heterocycles. The second-order valence-electron chi connectivity index (χ2n) is 4.76. The van der Waals surface area contributed by atoms with E-state index in [1.54, 1.807) is 19.2 Å². The number of hydrogen-bond acceptors (Lipinski definition) is 3. The van der Waals surface area contributed by atoms with Gasteiger partial charge in [-0.2, -0.15) is 0 Å². The van der Waals surface area contributed by atoms with Gasteiger partial charge in [0, 0.05) is 37.1 Å². The third-order valence-corrected chi connectivity index (χ3v) is 3.75. The Balaban J connectivity index is 1.90. The number of ether oxygens (including phenoxy) is 2. The van der Waals surface area contributed by atoms with Gasteiger partial charge in [0.15, 0.2) is 0 Å². The molecule has 0 aromatic heterocycles. The predicted molar refractivity (Wildman–Crippen MR) is 61.5 cm³/mol. The van der Waals surface area contributed by atoms with Crippen LogP contribution >= 0.6 is 0 Å². The Morgan fingerprint density at radius 3 is 3.24 bits per heavy atom. The summed E-state index contributed by atoms with van der Waals surface area (Å²) >= 11 is 0. The lowest BCUT2D eigenvalue weighted by atomic mass is 9.86. The van der Waals surface area contributed by atoms with Crippen molar-refractivity contribution < 1.29 is 13.9 Å². The van der Waals surface area contributed by atoms with Crippen LogP contribution in [0.3, 0.4) is 0 Å². The van der Waals surface area contributed by atoms with Gasteiger partial charge in [-0.15, -0.1) is 0 Å². The van der Waals surface area contributed by atoms with Crippen molar-refractivity contribution in [2.45, 2.75) is 6.04 Å². The normalized spacial score (nSPS) is 30.6. The van der Waals surface area contributed by atoms with Crippen LogP contribution in [0, 0.1) is 17.7 Å². The van der Waals surface area contributed by atoms with Gasteiger partial charge in [-0.25, -0.2) is 4.39 Å². The fourth-order valence-corrected chi connectivity index (χ4v) is 2.90. The summed E-state index contributed by atoms with van der Waals surface area (Å²) in [5, 5.41) is 3.45. The molecule has 1 N–H and O–H groups in total. The first-order valence-corrected chi connectivity index (χ1v) is 5.94. The molecule has 2 heterocycles. The van der Waals surface area contributed by atoms with E-state index in [0.29, 0.717) is 18.4 Å². The molecule has 1 aromatic rings. The van der Waals surface area contributed by atoms with Gasteiger partial charge in [-0.05, 0) is 18.2 Å². The number of nitrogens with one attached hydrogen (secondary N) is 1. The highest BCUT2D eigenvalue weighted by Gasteiger charge is 2.41. The molecule has 0 amide bonds. The molecule has 3 atom stereocenters. The van der Waals surface area contributed by atoms with Gasteiger partial charge in [0.1, 0.15) is 11.6 Å². The number of fused-ring (bicyclic) bond motifs is 3. The summed E-state index contributed by atoms with van der Waals surface area (Å²) < 4.78 is 24.2. The summed E-state index contributed by atoms with van der Waals surface area (Å²) in [5.41, 5.74) is 0.944. The van der Waals surface area contributed by atoms with Crippen molar-refractivity contribution in [1.29, 1.82) is 0 Å². The molecule has 3 nitrogen and oxygen atoms in total. The molecular formula is C13H16FNO2. The predicted octanol–water partition coefficient (Wildman–Crippen LogP) is 1.74. The van der Waals surface area contributed by atoms with Crippen molar-refractivity contribution in [2.75, 3.05) is 26.9 Å². The minimum Gasteiger partial charge on any atom is -0.493 e. The van der Waals surface area contributed by atoms with Crippen LogP contribution in [0.15, 0.2) is 18.2 Å². The van der Waals surface area contributed by atoms with Crippen LogP contribution in [0.1, 0.15) is 11.6 Å². The van der Waals surface area contributed by atoms with E-state index in [9.17, 15) is 4.39 Å². The van der Waals surface area contributed by atoms with Gasteiger partial charge in [0.2, 0.25) is 0 Å². The number of rotatable bonds is 2. The van der Waals surface area contributed by atoms with E-state index < -0.39 is 0 Å². The van der Waals surface area contributed by atoms with Crippen LogP contribution < -0.4 is 10.1 Å². The zero-order valence-electron chi connectivity index (χ0n) is 9.78. The van der Waals surface area contributed by atoms with Crippen molar-refractivity contribution in [1.82, 2.24) is 5.32 Å². The van der Waals surface area contributed by atoms with E-state index in [-0.39, 0.29) is 11.9 Å². The lowest BCUT2D eigenvalue weighted by Crippen LogP contribution is -2.30. The number of benzene rings is 1. The minimum atomic E-state index is -0.204. The van der Waals surface area contributed by atoms with E-state index in [1.807, 2.05) is 0 Å². The summed E-state index contributed by atoms with van der Waals surface area (Å²) in [7, 11) is 1.71. The maximum Gasteiger partial charge on any atom is 0.124 e. The molecule has 0 unspecified atom stereocenters. The molecular weight excluding hydrogens is 221 g/mol. The van der Waals surface area contributed by atoms with E-state index in [1.165, 1.54) is 6.07 Å². The Bertz CT molecular complexity index is 424. The smallest absolute Gasteiger partial charge is 0.124 e. The maximum atomic E-state index is 13.3. The molecule has 17 heavy (non-hydrogen) atoms. The van der Waals surface area contributed by atoms with Gasteiger partial charge in [-0.1, -0.05) is 0 Å². The van der Waals surface area contributed by atoms with Crippen molar-refractivity contribution >= 4 is 0 Å². The molecule has 0 bridgehead atoms. The van der Waals surface area contributed by atoms with Gasteiger partial charge in [0.25, 0.3) is 0 Å². The highest BCUT2D eigenvalue weighted by molar-refractivity contribution is 5.39. The highest BCUT2D eigenvalue weighted by atomic mass is 19.1. The number of halogens is 1.